The minimum atomic E-state index is 1.02. The SMILES string of the molecule is c1ccc2c(c1)CCN(Cc1cccc3cc[nH]c13)C2. The minimum absolute atomic E-state index is 1.02. The number of fused-ring (bicyclic) bond motifs is 2. The molecule has 0 radical (unpaired) electrons. The van der Waals surface area contributed by atoms with E-state index in [0.717, 1.165) is 26.1 Å². The number of aromatic amines is 1. The zero-order chi connectivity index (χ0) is 13.4. The van der Waals surface area contributed by atoms with E-state index in [0.29, 0.717) is 0 Å². The first-order valence-electron chi connectivity index (χ1n) is 7.24. The molecule has 0 atom stereocenters. The fraction of sp³-hybridized carbons (Fsp3) is 0.222. The van der Waals surface area contributed by atoms with Gasteiger partial charge >= 0.3 is 0 Å². The van der Waals surface area contributed by atoms with E-state index in [2.05, 4.69) is 58.4 Å². The molecule has 0 saturated heterocycles. The number of nitrogens with one attached hydrogen (secondary N) is 1. The summed E-state index contributed by atoms with van der Waals surface area (Å²) in [6.45, 7) is 3.23. The maximum Gasteiger partial charge on any atom is 0.0499 e. The summed E-state index contributed by atoms with van der Waals surface area (Å²) in [7, 11) is 0. The molecule has 0 fully saturated rings. The molecule has 0 amide bonds. The van der Waals surface area contributed by atoms with Crippen molar-refractivity contribution < 1.29 is 0 Å². The van der Waals surface area contributed by atoms with Crippen molar-refractivity contribution in [3.8, 4) is 0 Å². The number of benzene rings is 2. The molecule has 1 aromatic heterocycles. The van der Waals surface area contributed by atoms with Crippen molar-refractivity contribution in [3.05, 3.63) is 71.4 Å². The van der Waals surface area contributed by atoms with Crippen LogP contribution in [0.25, 0.3) is 10.9 Å². The molecule has 2 aromatic carbocycles. The molecule has 100 valence electrons. The van der Waals surface area contributed by atoms with Crippen molar-refractivity contribution in [2.24, 2.45) is 0 Å². The summed E-state index contributed by atoms with van der Waals surface area (Å²) >= 11 is 0. The maximum atomic E-state index is 3.37. The van der Waals surface area contributed by atoms with Gasteiger partial charge in [-0.05, 0) is 34.6 Å². The lowest BCUT2D eigenvalue weighted by atomic mass is 9.99. The van der Waals surface area contributed by atoms with Gasteiger partial charge in [-0.3, -0.25) is 4.90 Å². The largest absolute Gasteiger partial charge is 0.361 e. The Morgan fingerprint density at radius 3 is 2.80 bits per heavy atom. The molecule has 0 aliphatic carbocycles. The monoisotopic (exact) mass is 262 g/mol. The van der Waals surface area contributed by atoms with Crippen molar-refractivity contribution in [3.63, 3.8) is 0 Å². The van der Waals surface area contributed by atoms with Gasteiger partial charge in [0.15, 0.2) is 0 Å². The molecule has 20 heavy (non-hydrogen) atoms. The van der Waals surface area contributed by atoms with Gasteiger partial charge in [0, 0.05) is 31.3 Å². The van der Waals surface area contributed by atoms with Crippen LogP contribution in [0.2, 0.25) is 0 Å². The van der Waals surface area contributed by atoms with Crippen LogP contribution in [0.5, 0.6) is 0 Å². The minimum Gasteiger partial charge on any atom is -0.361 e. The summed E-state index contributed by atoms with van der Waals surface area (Å²) in [4.78, 5) is 5.91. The molecule has 3 aromatic rings. The molecule has 0 spiro atoms. The van der Waals surface area contributed by atoms with Gasteiger partial charge in [0.25, 0.3) is 0 Å². The van der Waals surface area contributed by atoms with Crippen LogP contribution in [-0.4, -0.2) is 16.4 Å². The predicted molar refractivity (Wildman–Crippen MR) is 82.6 cm³/mol. The summed E-state index contributed by atoms with van der Waals surface area (Å²) in [6.07, 6.45) is 3.19. The Labute approximate surface area is 119 Å². The van der Waals surface area contributed by atoms with E-state index in [9.17, 15) is 0 Å². The normalized spacial score (nSPS) is 15.4. The standard InChI is InChI=1S/C18H18N2/c1-2-5-16-12-20(11-9-14(16)4-1)13-17-7-3-6-15-8-10-19-18(15)17/h1-8,10,19H,9,11-13H2. The predicted octanol–water partition coefficient (Wildman–Crippen LogP) is 3.73. The Morgan fingerprint density at radius 1 is 0.950 bits per heavy atom. The molecule has 2 heteroatoms. The molecule has 2 heterocycles. The Balaban J connectivity index is 1.60. The molecule has 1 aliphatic rings. The summed E-state index contributed by atoms with van der Waals surface area (Å²) in [5, 5.41) is 1.31. The van der Waals surface area contributed by atoms with Crippen LogP contribution in [-0.2, 0) is 19.5 Å². The van der Waals surface area contributed by atoms with Crippen LogP contribution in [0.4, 0.5) is 0 Å². The van der Waals surface area contributed by atoms with Crippen LogP contribution in [0.3, 0.4) is 0 Å². The smallest absolute Gasteiger partial charge is 0.0499 e. The second-order valence-electron chi connectivity index (χ2n) is 5.59. The maximum absolute atomic E-state index is 3.37. The quantitative estimate of drug-likeness (QED) is 0.745. The van der Waals surface area contributed by atoms with Crippen molar-refractivity contribution in [1.29, 1.82) is 0 Å². The Hall–Kier alpha value is -2.06. The fourth-order valence-electron chi connectivity index (χ4n) is 3.21. The van der Waals surface area contributed by atoms with Crippen LogP contribution >= 0.6 is 0 Å². The Morgan fingerprint density at radius 2 is 1.85 bits per heavy atom. The zero-order valence-electron chi connectivity index (χ0n) is 11.5. The van der Waals surface area contributed by atoms with Gasteiger partial charge in [-0.2, -0.15) is 0 Å². The second kappa shape index (κ2) is 4.80. The van der Waals surface area contributed by atoms with E-state index >= 15 is 0 Å². The van der Waals surface area contributed by atoms with Gasteiger partial charge in [-0.15, -0.1) is 0 Å². The Bertz CT molecular complexity index is 742. The average molecular weight is 262 g/mol. The van der Waals surface area contributed by atoms with E-state index in [4.69, 9.17) is 0 Å². The molecule has 2 nitrogen and oxygen atoms in total. The zero-order valence-corrected chi connectivity index (χ0v) is 11.5. The van der Waals surface area contributed by atoms with Gasteiger partial charge in [0.1, 0.15) is 0 Å². The number of nitrogens with zero attached hydrogens (tertiary/aromatic N) is 1. The van der Waals surface area contributed by atoms with E-state index in [-0.39, 0.29) is 0 Å². The van der Waals surface area contributed by atoms with Gasteiger partial charge < -0.3 is 4.98 Å². The van der Waals surface area contributed by atoms with E-state index in [1.807, 2.05) is 6.20 Å². The number of hydrogen-bond acceptors (Lipinski definition) is 1. The fourth-order valence-corrected chi connectivity index (χ4v) is 3.21. The molecule has 0 bridgehead atoms. The summed E-state index contributed by atoms with van der Waals surface area (Å²) < 4.78 is 0. The van der Waals surface area contributed by atoms with E-state index < -0.39 is 0 Å². The number of aromatic nitrogens is 1. The third-order valence-corrected chi connectivity index (χ3v) is 4.28. The molecule has 0 unspecified atom stereocenters. The molecule has 4 rings (SSSR count). The van der Waals surface area contributed by atoms with E-state index in [1.54, 1.807) is 0 Å². The van der Waals surface area contributed by atoms with Gasteiger partial charge in [0.05, 0.1) is 0 Å². The Kier molecular flexibility index (Phi) is 2.82. The van der Waals surface area contributed by atoms with Crippen molar-refractivity contribution in [2.75, 3.05) is 6.54 Å². The number of hydrogen-bond donors (Lipinski definition) is 1. The van der Waals surface area contributed by atoms with Crippen LogP contribution in [0.15, 0.2) is 54.7 Å². The van der Waals surface area contributed by atoms with Crippen LogP contribution in [0, 0.1) is 0 Å². The third kappa shape index (κ3) is 2.02. The second-order valence-corrected chi connectivity index (χ2v) is 5.59. The lowest BCUT2D eigenvalue weighted by Crippen LogP contribution is -2.30. The molecular formula is C18H18N2. The van der Waals surface area contributed by atoms with Crippen molar-refractivity contribution in [2.45, 2.75) is 19.5 Å². The van der Waals surface area contributed by atoms with Crippen LogP contribution in [0.1, 0.15) is 16.7 Å². The highest BCUT2D eigenvalue weighted by Crippen LogP contribution is 2.23. The number of H-pyrrole nitrogens is 1. The molecular weight excluding hydrogens is 244 g/mol. The van der Waals surface area contributed by atoms with Crippen molar-refractivity contribution in [1.82, 2.24) is 9.88 Å². The number of rotatable bonds is 2. The first kappa shape index (κ1) is 11.7. The van der Waals surface area contributed by atoms with Gasteiger partial charge in [-0.25, -0.2) is 0 Å². The molecule has 1 aliphatic heterocycles. The summed E-state index contributed by atoms with van der Waals surface area (Å²) in [5.74, 6) is 0. The highest BCUT2D eigenvalue weighted by molar-refractivity contribution is 5.82. The number of para-hydroxylation sites is 1. The average Bonchev–Trinajstić information content (AvgIpc) is 2.97. The topological polar surface area (TPSA) is 19.0 Å². The van der Waals surface area contributed by atoms with Crippen molar-refractivity contribution >= 4 is 10.9 Å². The summed E-state index contributed by atoms with van der Waals surface area (Å²) in [5.41, 5.74) is 5.68. The molecule has 1 N–H and O–H groups in total. The first-order valence-corrected chi connectivity index (χ1v) is 7.24. The molecule has 0 saturated carbocycles. The van der Waals surface area contributed by atoms with Gasteiger partial charge in [0.2, 0.25) is 0 Å². The lowest BCUT2D eigenvalue weighted by Gasteiger charge is -2.28. The third-order valence-electron chi connectivity index (χ3n) is 4.28. The lowest BCUT2D eigenvalue weighted by molar-refractivity contribution is 0.246. The van der Waals surface area contributed by atoms with E-state index in [1.165, 1.54) is 27.6 Å². The first-order chi connectivity index (χ1) is 9.90. The summed E-state index contributed by atoms with van der Waals surface area (Å²) in [6, 6.07) is 17.5. The highest BCUT2D eigenvalue weighted by atomic mass is 15.1. The highest BCUT2D eigenvalue weighted by Gasteiger charge is 2.16. The van der Waals surface area contributed by atoms with Crippen LogP contribution < -0.4 is 0 Å². The van der Waals surface area contributed by atoms with Gasteiger partial charge in [-0.1, -0.05) is 42.5 Å².